The number of hydrogen-bond donors (Lipinski definition) is 2. The predicted molar refractivity (Wildman–Crippen MR) is 125 cm³/mol. The Balaban J connectivity index is 1.61. The standard InChI is InChI=1S/C24H22N2O3S2/c25-24(27)20-11-18(17-6-8-30-14-17)10-19-21(13-26-23(19)20)16-7-9-31(28,29)22(12-16)15-4-2-1-3-5-15/h1-6,8,10-11,13-14,16,22,26H,7,9,12H2,(H2,25,27)/t16?,22-/m1/s1. The summed E-state index contributed by atoms with van der Waals surface area (Å²) in [6.45, 7) is 0. The summed E-state index contributed by atoms with van der Waals surface area (Å²) in [4.78, 5) is 15.4. The Morgan fingerprint density at radius 3 is 2.61 bits per heavy atom. The molecule has 31 heavy (non-hydrogen) atoms. The maximum atomic E-state index is 12.8. The molecule has 0 bridgehead atoms. The Kier molecular flexibility index (Phi) is 4.95. The lowest BCUT2D eigenvalue weighted by Crippen LogP contribution is -2.26. The molecule has 1 saturated heterocycles. The van der Waals surface area contributed by atoms with Crippen molar-refractivity contribution in [3.8, 4) is 11.1 Å². The van der Waals surface area contributed by atoms with E-state index < -0.39 is 21.0 Å². The van der Waals surface area contributed by atoms with Crippen molar-refractivity contribution in [3.63, 3.8) is 0 Å². The molecule has 0 spiro atoms. The van der Waals surface area contributed by atoms with Gasteiger partial charge in [0.05, 0.1) is 22.1 Å². The Labute approximate surface area is 184 Å². The molecule has 1 fully saturated rings. The maximum absolute atomic E-state index is 12.8. The number of H-pyrrole nitrogens is 1. The van der Waals surface area contributed by atoms with Crippen molar-refractivity contribution in [3.05, 3.63) is 82.2 Å². The lowest BCUT2D eigenvalue weighted by Gasteiger charge is -2.29. The van der Waals surface area contributed by atoms with Crippen molar-refractivity contribution < 1.29 is 13.2 Å². The minimum atomic E-state index is -3.20. The molecule has 5 nitrogen and oxygen atoms in total. The Morgan fingerprint density at radius 1 is 1.10 bits per heavy atom. The van der Waals surface area contributed by atoms with Crippen LogP contribution in [-0.4, -0.2) is 25.1 Å². The Morgan fingerprint density at radius 2 is 1.90 bits per heavy atom. The van der Waals surface area contributed by atoms with Gasteiger partial charge in [-0.3, -0.25) is 4.79 Å². The van der Waals surface area contributed by atoms with Crippen LogP contribution in [-0.2, 0) is 9.84 Å². The number of amides is 1. The number of aromatic nitrogens is 1. The van der Waals surface area contributed by atoms with E-state index in [-0.39, 0.29) is 11.7 Å². The Hall–Kier alpha value is -2.90. The van der Waals surface area contributed by atoms with Gasteiger partial charge in [-0.25, -0.2) is 8.42 Å². The first kappa shape index (κ1) is 20.0. The third-order valence-corrected chi connectivity index (χ3v) is 9.06. The summed E-state index contributed by atoms with van der Waals surface area (Å²) < 4.78 is 25.7. The first-order chi connectivity index (χ1) is 14.9. The predicted octanol–water partition coefficient (Wildman–Crippen LogP) is 5.03. The molecule has 7 heteroatoms. The first-order valence-electron chi connectivity index (χ1n) is 10.2. The zero-order chi connectivity index (χ0) is 21.6. The molecule has 2 atom stereocenters. The average molecular weight is 451 g/mol. The molecule has 158 valence electrons. The third-order valence-electron chi connectivity index (χ3n) is 6.24. The number of aromatic amines is 1. The second kappa shape index (κ2) is 7.66. The zero-order valence-corrected chi connectivity index (χ0v) is 18.4. The average Bonchev–Trinajstić information content (AvgIpc) is 3.44. The van der Waals surface area contributed by atoms with E-state index in [1.54, 1.807) is 11.3 Å². The third kappa shape index (κ3) is 3.58. The molecule has 1 aliphatic rings. The summed E-state index contributed by atoms with van der Waals surface area (Å²) in [5.41, 5.74) is 10.7. The quantitative estimate of drug-likeness (QED) is 0.457. The van der Waals surface area contributed by atoms with E-state index in [0.717, 1.165) is 27.6 Å². The van der Waals surface area contributed by atoms with Gasteiger partial charge in [0.1, 0.15) is 0 Å². The number of hydrogen-bond acceptors (Lipinski definition) is 4. The highest BCUT2D eigenvalue weighted by Crippen LogP contribution is 2.44. The van der Waals surface area contributed by atoms with Gasteiger partial charge in [-0.05, 0) is 70.0 Å². The van der Waals surface area contributed by atoms with Gasteiger partial charge in [-0.2, -0.15) is 11.3 Å². The molecule has 2 aromatic carbocycles. The van der Waals surface area contributed by atoms with Gasteiger partial charge >= 0.3 is 0 Å². The first-order valence-corrected chi connectivity index (χ1v) is 12.8. The molecule has 1 amide bonds. The van der Waals surface area contributed by atoms with Crippen LogP contribution in [0, 0.1) is 0 Å². The lowest BCUT2D eigenvalue weighted by molar-refractivity contribution is 0.100. The van der Waals surface area contributed by atoms with Crippen LogP contribution >= 0.6 is 11.3 Å². The zero-order valence-electron chi connectivity index (χ0n) is 16.7. The van der Waals surface area contributed by atoms with Crippen molar-refractivity contribution >= 4 is 38.0 Å². The molecule has 1 unspecified atom stereocenters. The molecule has 3 N–H and O–H groups in total. The van der Waals surface area contributed by atoms with E-state index in [4.69, 9.17) is 5.73 Å². The highest BCUT2D eigenvalue weighted by molar-refractivity contribution is 7.91. The van der Waals surface area contributed by atoms with Crippen molar-refractivity contribution in [2.24, 2.45) is 5.73 Å². The molecule has 2 aromatic heterocycles. The van der Waals surface area contributed by atoms with Crippen LogP contribution in [0.3, 0.4) is 0 Å². The number of carbonyl (C=O) groups is 1. The number of benzene rings is 2. The van der Waals surface area contributed by atoms with E-state index in [1.165, 1.54) is 0 Å². The highest BCUT2D eigenvalue weighted by atomic mass is 32.2. The molecular formula is C24H22N2O3S2. The number of rotatable bonds is 4. The summed E-state index contributed by atoms with van der Waals surface area (Å²) >= 11 is 1.60. The summed E-state index contributed by atoms with van der Waals surface area (Å²) in [6.07, 6.45) is 3.00. The molecule has 5 rings (SSSR count). The van der Waals surface area contributed by atoms with Crippen molar-refractivity contribution in [2.75, 3.05) is 5.75 Å². The smallest absolute Gasteiger partial charge is 0.250 e. The second-order valence-corrected chi connectivity index (χ2v) is 11.1. The second-order valence-electron chi connectivity index (χ2n) is 8.05. The number of thiophene rings is 1. The summed E-state index contributed by atoms with van der Waals surface area (Å²) in [7, 11) is -3.20. The van der Waals surface area contributed by atoms with Crippen LogP contribution in [0.4, 0.5) is 0 Å². The Bertz CT molecular complexity index is 1360. The van der Waals surface area contributed by atoms with Gasteiger partial charge in [-0.1, -0.05) is 30.3 Å². The molecule has 4 aromatic rings. The minimum Gasteiger partial charge on any atom is -0.366 e. The van der Waals surface area contributed by atoms with E-state index in [0.29, 0.717) is 23.9 Å². The topological polar surface area (TPSA) is 93.0 Å². The summed E-state index contributed by atoms with van der Waals surface area (Å²) in [5, 5.41) is 4.45. The highest BCUT2D eigenvalue weighted by Gasteiger charge is 2.36. The summed E-state index contributed by atoms with van der Waals surface area (Å²) in [5.74, 6) is -0.263. The molecule has 1 aliphatic heterocycles. The van der Waals surface area contributed by atoms with E-state index in [2.05, 4.69) is 11.1 Å². The number of nitrogens with one attached hydrogen (secondary N) is 1. The van der Waals surface area contributed by atoms with Crippen LogP contribution in [0.15, 0.2) is 65.5 Å². The lowest BCUT2D eigenvalue weighted by atomic mass is 9.88. The van der Waals surface area contributed by atoms with Gasteiger partial charge in [0, 0.05) is 11.6 Å². The van der Waals surface area contributed by atoms with Crippen LogP contribution in [0.1, 0.15) is 45.5 Å². The minimum absolute atomic E-state index is 0.0703. The normalized spacial score (nSPS) is 20.6. The fourth-order valence-electron chi connectivity index (χ4n) is 4.65. The molecule has 0 radical (unpaired) electrons. The van der Waals surface area contributed by atoms with Gasteiger partial charge in [-0.15, -0.1) is 0 Å². The monoisotopic (exact) mass is 450 g/mol. The molecule has 0 saturated carbocycles. The van der Waals surface area contributed by atoms with Crippen molar-refractivity contribution in [2.45, 2.75) is 24.0 Å². The summed E-state index contributed by atoms with van der Waals surface area (Å²) in [6, 6.07) is 15.4. The van der Waals surface area contributed by atoms with Crippen LogP contribution < -0.4 is 5.73 Å². The fourth-order valence-corrected chi connectivity index (χ4v) is 7.31. The van der Waals surface area contributed by atoms with Crippen molar-refractivity contribution in [1.29, 1.82) is 0 Å². The van der Waals surface area contributed by atoms with Crippen LogP contribution in [0.5, 0.6) is 0 Å². The molecule has 3 heterocycles. The van der Waals surface area contributed by atoms with E-state index in [9.17, 15) is 13.2 Å². The molecular weight excluding hydrogens is 428 g/mol. The van der Waals surface area contributed by atoms with Gasteiger partial charge in [0.25, 0.3) is 5.91 Å². The van der Waals surface area contributed by atoms with E-state index >= 15 is 0 Å². The fraction of sp³-hybridized carbons (Fsp3) is 0.208. The number of fused-ring (bicyclic) bond motifs is 1. The number of nitrogens with two attached hydrogens (primary N) is 1. The van der Waals surface area contributed by atoms with Gasteiger partial charge in [0.15, 0.2) is 9.84 Å². The number of carbonyl (C=O) groups excluding carboxylic acids is 1. The van der Waals surface area contributed by atoms with Gasteiger partial charge in [0.2, 0.25) is 0 Å². The van der Waals surface area contributed by atoms with Crippen LogP contribution in [0.2, 0.25) is 0 Å². The van der Waals surface area contributed by atoms with Crippen molar-refractivity contribution in [1.82, 2.24) is 4.98 Å². The SMILES string of the molecule is NC(=O)c1cc(-c2ccsc2)cc2c(C3CCS(=O)(=O)[C@@H](c4ccccc4)C3)c[nH]c12. The largest absolute Gasteiger partial charge is 0.366 e. The number of sulfone groups is 1. The maximum Gasteiger partial charge on any atom is 0.250 e. The number of primary amides is 1. The molecule has 0 aliphatic carbocycles. The van der Waals surface area contributed by atoms with Crippen LogP contribution in [0.25, 0.3) is 22.0 Å². The van der Waals surface area contributed by atoms with E-state index in [1.807, 2.05) is 59.4 Å². The van der Waals surface area contributed by atoms with Gasteiger partial charge < -0.3 is 10.7 Å².